The monoisotopic (exact) mass is 422 g/mol. The van der Waals surface area contributed by atoms with Crippen LogP contribution >= 0.6 is 50.5 Å². The van der Waals surface area contributed by atoms with E-state index in [-0.39, 0.29) is 17.1 Å². The summed E-state index contributed by atoms with van der Waals surface area (Å²) in [7, 11) is 0. The van der Waals surface area contributed by atoms with E-state index in [9.17, 15) is 9.59 Å². The maximum absolute atomic E-state index is 12.1. The number of halogens is 3. The number of nitrogens with zero attached hydrogens (tertiary/aromatic N) is 1. The highest BCUT2D eigenvalue weighted by molar-refractivity contribution is 9.10. The fourth-order valence-electron chi connectivity index (χ4n) is 1.72. The first-order chi connectivity index (χ1) is 10.3. The Balaban J connectivity index is 2.21. The van der Waals surface area contributed by atoms with Crippen molar-refractivity contribution < 1.29 is 14.7 Å². The number of aromatic carboxylic acids is 1. The van der Waals surface area contributed by atoms with Gasteiger partial charge in [-0.05, 0) is 40.5 Å². The van der Waals surface area contributed by atoms with E-state index in [1.165, 1.54) is 0 Å². The Hall–Kier alpha value is -1.15. The van der Waals surface area contributed by atoms with Crippen LogP contribution in [0.25, 0.3) is 0 Å². The predicted molar refractivity (Wildman–Crippen MR) is 90.3 cm³/mol. The second-order valence-corrected chi connectivity index (χ2v) is 7.11. The Bertz CT molecular complexity index is 764. The number of hydrogen-bond donors (Lipinski definition) is 2. The van der Waals surface area contributed by atoms with Gasteiger partial charge in [-0.2, -0.15) is 0 Å². The summed E-state index contributed by atoms with van der Waals surface area (Å²) in [5, 5.41) is 12.8. The quantitative estimate of drug-likeness (QED) is 0.714. The molecule has 0 bridgehead atoms. The zero-order chi connectivity index (χ0) is 16.4. The minimum atomic E-state index is -1.14. The van der Waals surface area contributed by atoms with Crippen molar-refractivity contribution in [1.29, 1.82) is 0 Å². The van der Waals surface area contributed by atoms with E-state index in [1.54, 1.807) is 19.1 Å². The summed E-state index contributed by atoms with van der Waals surface area (Å²) < 4.78 is 0.622. The number of rotatable bonds is 4. The molecule has 0 saturated heterocycles. The molecular formula is C13H9BrCl2N2O3S. The van der Waals surface area contributed by atoms with Gasteiger partial charge in [0, 0.05) is 9.50 Å². The van der Waals surface area contributed by atoms with E-state index in [2.05, 4.69) is 26.2 Å². The minimum absolute atomic E-state index is 0.0164. The van der Waals surface area contributed by atoms with Crippen LogP contribution in [0, 0.1) is 6.92 Å². The molecule has 0 fully saturated rings. The van der Waals surface area contributed by atoms with Crippen molar-refractivity contribution in [3.63, 3.8) is 0 Å². The number of carbonyl (C=O) groups is 2. The molecule has 0 radical (unpaired) electrons. The first-order valence-corrected chi connectivity index (χ1v) is 8.29. The molecule has 116 valence electrons. The molecule has 9 heteroatoms. The van der Waals surface area contributed by atoms with Crippen LogP contribution in [0.2, 0.25) is 10.0 Å². The summed E-state index contributed by atoms with van der Waals surface area (Å²) in [4.78, 5) is 27.2. The molecule has 0 aliphatic heterocycles. The van der Waals surface area contributed by atoms with Crippen molar-refractivity contribution in [1.82, 2.24) is 4.98 Å². The normalized spacial score (nSPS) is 10.5. The maximum atomic E-state index is 12.1. The molecule has 0 atom stereocenters. The number of amides is 1. The SMILES string of the molecule is Cc1nc(NC(=O)Cc2c(Cl)ccc(Br)c2Cl)c(C(=O)O)s1. The van der Waals surface area contributed by atoms with Gasteiger partial charge >= 0.3 is 5.97 Å². The lowest BCUT2D eigenvalue weighted by molar-refractivity contribution is -0.115. The van der Waals surface area contributed by atoms with Gasteiger partial charge in [-0.1, -0.05) is 23.2 Å². The number of benzene rings is 1. The lowest BCUT2D eigenvalue weighted by atomic mass is 10.1. The predicted octanol–water partition coefficient (Wildman–Crippen LogP) is 4.40. The summed E-state index contributed by atoms with van der Waals surface area (Å²) in [5.41, 5.74) is 0.457. The molecule has 2 aromatic rings. The molecular weight excluding hydrogens is 415 g/mol. The van der Waals surface area contributed by atoms with Gasteiger partial charge in [0.15, 0.2) is 10.7 Å². The van der Waals surface area contributed by atoms with Gasteiger partial charge in [0.05, 0.1) is 16.5 Å². The fraction of sp³-hybridized carbons (Fsp3) is 0.154. The lowest BCUT2D eigenvalue weighted by Gasteiger charge is -2.08. The first-order valence-electron chi connectivity index (χ1n) is 5.92. The van der Waals surface area contributed by atoms with Crippen LogP contribution in [0.4, 0.5) is 5.82 Å². The molecule has 22 heavy (non-hydrogen) atoms. The summed E-state index contributed by atoms with van der Waals surface area (Å²) in [6.45, 7) is 1.66. The Morgan fingerprint density at radius 3 is 2.73 bits per heavy atom. The Labute approximate surface area is 148 Å². The van der Waals surface area contributed by atoms with E-state index in [0.29, 0.717) is 25.1 Å². The Kier molecular flexibility index (Phi) is 5.44. The van der Waals surface area contributed by atoms with E-state index in [1.807, 2.05) is 0 Å². The lowest BCUT2D eigenvalue weighted by Crippen LogP contribution is -2.17. The molecule has 1 amide bonds. The molecule has 1 aromatic heterocycles. The molecule has 2 N–H and O–H groups in total. The van der Waals surface area contributed by atoms with Crippen LogP contribution in [0.1, 0.15) is 20.2 Å². The number of carbonyl (C=O) groups excluding carboxylic acids is 1. The summed E-state index contributed by atoms with van der Waals surface area (Å²) >= 11 is 16.4. The third kappa shape index (κ3) is 3.78. The minimum Gasteiger partial charge on any atom is -0.477 e. The topological polar surface area (TPSA) is 79.3 Å². The molecule has 0 aliphatic rings. The third-order valence-corrected chi connectivity index (χ3v) is 5.30. The van der Waals surface area contributed by atoms with Gasteiger partial charge < -0.3 is 10.4 Å². The van der Waals surface area contributed by atoms with Crippen molar-refractivity contribution >= 4 is 68.2 Å². The Morgan fingerprint density at radius 2 is 2.09 bits per heavy atom. The van der Waals surface area contributed by atoms with Gasteiger partial charge in [0.25, 0.3) is 0 Å². The molecule has 0 spiro atoms. The summed E-state index contributed by atoms with van der Waals surface area (Å²) in [6, 6.07) is 3.30. The molecule has 5 nitrogen and oxygen atoms in total. The number of aryl methyl sites for hydroxylation is 1. The van der Waals surface area contributed by atoms with Crippen LogP contribution in [-0.4, -0.2) is 22.0 Å². The molecule has 1 heterocycles. The number of nitrogens with one attached hydrogen (secondary N) is 1. The van der Waals surface area contributed by atoms with E-state index in [0.717, 1.165) is 11.3 Å². The average molecular weight is 424 g/mol. The van der Waals surface area contributed by atoms with Crippen LogP contribution in [0.3, 0.4) is 0 Å². The highest BCUT2D eigenvalue weighted by Gasteiger charge is 2.19. The highest BCUT2D eigenvalue weighted by atomic mass is 79.9. The van der Waals surface area contributed by atoms with E-state index >= 15 is 0 Å². The van der Waals surface area contributed by atoms with Gasteiger partial charge in [0.2, 0.25) is 5.91 Å². The molecule has 0 saturated carbocycles. The van der Waals surface area contributed by atoms with Gasteiger partial charge in [-0.3, -0.25) is 4.79 Å². The number of carboxylic acid groups (broad SMARTS) is 1. The van der Waals surface area contributed by atoms with Gasteiger partial charge in [-0.15, -0.1) is 11.3 Å². The standard InChI is InChI=1S/C13H9BrCl2N2O3S/c1-5-17-12(11(22-5)13(20)21)18-9(19)4-6-8(15)3-2-7(14)10(6)16/h2-3H,4H2,1H3,(H,18,19)(H,20,21). The van der Waals surface area contributed by atoms with Crippen molar-refractivity contribution in [3.8, 4) is 0 Å². The van der Waals surface area contributed by atoms with Crippen LogP contribution in [0.5, 0.6) is 0 Å². The van der Waals surface area contributed by atoms with Gasteiger partial charge in [0.1, 0.15) is 0 Å². The molecule has 0 aliphatic carbocycles. The summed E-state index contributed by atoms with van der Waals surface area (Å²) in [5.74, 6) is -1.56. The second-order valence-electron chi connectivity index (χ2n) is 4.26. The zero-order valence-electron chi connectivity index (χ0n) is 11.1. The second kappa shape index (κ2) is 6.95. The number of anilines is 1. The van der Waals surface area contributed by atoms with Crippen molar-refractivity contribution in [2.24, 2.45) is 0 Å². The van der Waals surface area contributed by atoms with Crippen LogP contribution < -0.4 is 5.32 Å². The largest absolute Gasteiger partial charge is 0.477 e. The average Bonchev–Trinajstić information content (AvgIpc) is 2.80. The highest BCUT2D eigenvalue weighted by Crippen LogP contribution is 2.32. The van der Waals surface area contributed by atoms with Crippen LogP contribution in [0.15, 0.2) is 16.6 Å². The molecule has 2 rings (SSSR count). The van der Waals surface area contributed by atoms with Crippen molar-refractivity contribution in [3.05, 3.63) is 42.1 Å². The van der Waals surface area contributed by atoms with Crippen molar-refractivity contribution in [2.75, 3.05) is 5.32 Å². The summed E-state index contributed by atoms with van der Waals surface area (Å²) in [6.07, 6.45) is -0.0905. The zero-order valence-corrected chi connectivity index (χ0v) is 15.0. The molecule has 0 unspecified atom stereocenters. The van der Waals surface area contributed by atoms with Gasteiger partial charge in [-0.25, -0.2) is 9.78 Å². The van der Waals surface area contributed by atoms with E-state index < -0.39 is 11.9 Å². The fourth-order valence-corrected chi connectivity index (χ4v) is 3.31. The van der Waals surface area contributed by atoms with Crippen molar-refractivity contribution in [2.45, 2.75) is 13.3 Å². The number of hydrogen-bond acceptors (Lipinski definition) is 4. The number of carboxylic acids is 1. The smallest absolute Gasteiger partial charge is 0.349 e. The van der Waals surface area contributed by atoms with E-state index in [4.69, 9.17) is 28.3 Å². The Morgan fingerprint density at radius 1 is 1.41 bits per heavy atom. The first kappa shape index (κ1) is 17.2. The number of thiazole rings is 1. The molecule has 1 aromatic carbocycles. The van der Waals surface area contributed by atoms with Crippen LogP contribution in [-0.2, 0) is 11.2 Å². The maximum Gasteiger partial charge on any atom is 0.349 e. The third-order valence-electron chi connectivity index (χ3n) is 2.66. The number of aromatic nitrogens is 1.